The molecule has 1 aliphatic carbocycles. The number of nitrogens with two attached hydrogens (primary N) is 1. The van der Waals surface area contributed by atoms with E-state index in [2.05, 4.69) is 0 Å². The Hall–Kier alpha value is -2.73. The Labute approximate surface area is 163 Å². The predicted octanol–water partition coefficient (Wildman–Crippen LogP) is 2.53. The number of amides is 2. The predicted molar refractivity (Wildman–Crippen MR) is 103 cm³/mol. The zero-order chi connectivity index (χ0) is 19.7. The lowest BCUT2D eigenvalue weighted by molar-refractivity contribution is -0.164. The summed E-state index contributed by atoms with van der Waals surface area (Å²) >= 11 is 0. The summed E-state index contributed by atoms with van der Waals surface area (Å²) in [5, 5.41) is 0. The fraction of sp³-hybridized carbons (Fsp3) is 0.364. The van der Waals surface area contributed by atoms with Crippen molar-refractivity contribution in [2.75, 3.05) is 19.7 Å². The normalized spacial score (nSPS) is 22.1. The van der Waals surface area contributed by atoms with Gasteiger partial charge in [-0.15, -0.1) is 0 Å². The van der Waals surface area contributed by atoms with Crippen LogP contribution >= 0.6 is 0 Å². The third kappa shape index (κ3) is 3.78. The van der Waals surface area contributed by atoms with Gasteiger partial charge in [-0.2, -0.15) is 0 Å². The lowest BCUT2D eigenvalue weighted by Gasteiger charge is -2.41. The van der Waals surface area contributed by atoms with Crippen molar-refractivity contribution in [1.29, 1.82) is 0 Å². The van der Waals surface area contributed by atoms with Crippen LogP contribution in [0.1, 0.15) is 18.4 Å². The number of halogens is 1. The van der Waals surface area contributed by atoms with Crippen molar-refractivity contribution >= 4 is 11.8 Å². The first-order chi connectivity index (χ1) is 13.5. The molecule has 0 spiro atoms. The number of primary amides is 1. The summed E-state index contributed by atoms with van der Waals surface area (Å²) in [4.78, 5) is 26.5. The van der Waals surface area contributed by atoms with Crippen LogP contribution < -0.4 is 5.73 Å². The largest absolute Gasteiger partial charge is 0.367 e. The van der Waals surface area contributed by atoms with Gasteiger partial charge in [0.2, 0.25) is 5.91 Å². The average molecular weight is 382 g/mol. The Kier molecular flexibility index (Phi) is 4.89. The maximum absolute atomic E-state index is 13.6. The van der Waals surface area contributed by atoms with Gasteiger partial charge in [0.25, 0.3) is 5.91 Å². The molecule has 2 aromatic rings. The van der Waals surface area contributed by atoms with Crippen LogP contribution in [0.25, 0.3) is 11.1 Å². The van der Waals surface area contributed by atoms with E-state index in [9.17, 15) is 14.0 Å². The molecule has 28 heavy (non-hydrogen) atoms. The summed E-state index contributed by atoms with van der Waals surface area (Å²) in [6, 6.07) is 13.9. The van der Waals surface area contributed by atoms with Crippen molar-refractivity contribution in [2.24, 2.45) is 11.7 Å². The highest BCUT2D eigenvalue weighted by Crippen LogP contribution is 2.33. The van der Waals surface area contributed by atoms with Crippen LogP contribution in [0.3, 0.4) is 0 Å². The maximum atomic E-state index is 13.6. The van der Waals surface area contributed by atoms with E-state index in [-0.39, 0.29) is 37.2 Å². The zero-order valence-electron chi connectivity index (χ0n) is 15.6. The number of hydrogen-bond donors (Lipinski definition) is 1. The second-order valence-corrected chi connectivity index (χ2v) is 7.63. The first-order valence-electron chi connectivity index (χ1n) is 9.54. The van der Waals surface area contributed by atoms with E-state index in [4.69, 9.17) is 10.5 Å². The molecule has 0 unspecified atom stereocenters. The molecule has 6 heteroatoms. The molecule has 0 radical (unpaired) electrons. The Morgan fingerprint density at radius 2 is 1.86 bits per heavy atom. The van der Waals surface area contributed by atoms with Crippen molar-refractivity contribution in [2.45, 2.75) is 24.9 Å². The zero-order valence-corrected chi connectivity index (χ0v) is 15.6. The van der Waals surface area contributed by atoms with Gasteiger partial charge in [-0.3, -0.25) is 9.59 Å². The Bertz CT molecular complexity index is 912. The molecule has 1 saturated carbocycles. The molecule has 2 aliphatic rings. The summed E-state index contributed by atoms with van der Waals surface area (Å²) in [6.07, 6.45) is 2.09. The molecule has 2 fully saturated rings. The van der Waals surface area contributed by atoms with Crippen molar-refractivity contribution < 1.29 is 18.7 Å². The molecule has 4 rings (SSSR count). The van der Waals surface area contributed by atoms with Gasteiger partial charge in [0.15, 0.2) is 5.60 Å². The molecule has 1 atom stereocenters. The highest BCUT2D eigenvalue weighted by Gasteiger charge is 2.45. The Morgan fingerprint density at radius 3 is 2.54 bits per heavy atom. The van der Waals surface area contributed by atoms with Gasteiger partial charge in [0.1, 0.15) is 5.82 Å². The highest BCUT2D eigenvalue weighted by molar-refractivity contribution is 5.87. The first-order valence-corrected chi connectivity index (χ1v) is 9.54. The number of hydrogen-bond acceptors (Lipinski definition) is 3. The topological polar surface area (TPSA) is 72.6 Å². The minimum Gasteiger partial charge on any atom is -0.367 e. The van der Waals surface area contributed by atoms with E-state index in [0.29, 0.717) is 6.54 Å². The number of morpholine rings is 1. The van der Waals surface area contributed by atoms with E-state index < -0.39 is 11.5 Å². The third-order valence-corrected chi connectivity index (χ3v) is 5.45. The number of carbonyl (C=O) groups excluding carboxylic acids is 2. The van der Waals surface area contributed by atoms with Crippen LogP contribution in [0, 0.1) is 11.7 Å². The molecule has 146 valence electrons. The van der Waals surface area contributed by atoms with Crippen LogP contribution in [0.4, 0.5) is 4.39 Å². The van der Waals surface area contributed by atoms with Crippen LogP contribution in [0.15, 0.2) is 48.5 Å². The Morgan fingerprint density at radius 1 is 1.14 bits per heavy atom. The van der Waals surface area contributed by atoms with Crippen molar-refractivity contribution in [1.82, 2.24) is 4.90 Å². The molecule has 1 aliphatic heterocycles. The molecular formula is C22H23FN2O3. The first kappa shape index (κ1) is 18.6. The highest BCUT2D eigenvalue weighted by atomic mass is 19.1. The molecule has 0 bridgehead atoms. The van der Waals surface area contributed by atoms with Crippen LogP contribution in [0.2, 0.25) is 0 Å². The standard InChI is InChI=1S/C22H23FN2O3/c23-19-6-2-5-18(12-19)17-4-1-3-15(11-17)13-22(21(24)27)14-25(9-10-28-22)20(26)16-7-8-16/h1-6,11-12,16H,7-10,13-14H2,(H2,24,27)/t22-/m0/s1. The minimum absolute atomic E-state index is 0.0833. The van der Waals surface area contributed by atoms with Crippen LogP contribution in [-0.2, 0) is 20.7 Å². The van der Waals surface area contributed by atoms with Crippen LogP contribution in [-0.4, -0.2) is 42.0 Å². The van der Waals surface area contributed by atoms with Gasteiger partial charge in [0.05, 0.1) is 13.2 Å². The fourth-order valence-corrected chi connectivity index (χ4v) is 3.76. The maximum Gasteiger partial charge on any atom is 0.251 e. The number of benzene rings is 2. The van der Waals surface area contributed by atoms with Gasteiger partial charge in [-0.1, -0.05) is 36.4 Å². The van der Waals surface area contributed by atoms with E-state index in [1.165, 1.54) is 12.1 Å². The molecule has 5 nitrogen and oxygen atoms in total. The van der Waals surface area contributed by atoms with Gasteiger partial charge in [-0.05, 0) is 41.7 Å². The number of carbonyl (C=O) groups is 2. The van der Waals surface area contributed by atoms with E-state index in [0.717, 1.165) is 29.5 Å². The summed E-state index contributed by atoms with van der Waals surface area (Å²) in [5.74, 6) is -0.708. The lowest BCUT2D eigenvalue weighted by Crippen LogP contribution is -2.61. The lowest BCUT2D eigenvalue weighted by atomic mass is 9.90. The van der Waals surface area contributed by atoms with E-state index >= 15 is 0 Å². The molecule has 1 heterocycles. The summed E-state index contributed by atoms with van der Waals surface area (Å²) in [6.45, 7) is 0.931. The molecule has 2 amide bonds. The molecular weight excluding hydrogens is 359 g/mol. The van der Waals surface area contributed by atoms with Gasteiger partial charge < -0.3 is 15.4 Å². The number of rotatable bonds is 5. The van der Waals surface area contributed by atoms with Crippen molar-refractivity contribution in [3.05, 3.63) is 59.9 Å². The fourth-order valence-electron chi connectivity index (χ4n) is 3.76. The van der Waals surface area contributed by atoms with Gasteiger partial charge in [-0.25, -0.2) is 4.39 Å². The smallest absolute Gasteiger partial charge is 0.251 e. The Balaban J connectivity index is 1.59. The number of ether oxygens (including phenoxy) is 1. The molecule has 0 aromatic heterocycles. The van der Waals surface area contributed by atoms with Gasteiger partial charge in [0, 0.05) is 18.9 Å². The van der Waals surface area contributed by atoms with E-state index in [1.807, 2.05) is 30.3 Å². The summed E-state index contributed by atoms with van der Waals surface area (Å²) in [7, 11) is 0. The molecule has 2 N–H and O–H groups in total. The molecule has 2 aromatic carbocycles. The SMILES string of the molecule is NC(=O)[C@]1(Cc2cccc(-c3cccc(F)c3)c2)CN(C(=O)C2CC2)CCO1. The van der Waals surface area contributed by atoms with Crippen molar-refractivity contribution in [3.63, 3.8) is 0 Å². The monoisotopic (exact) mass is 382 g/mol. The third-order valence-electron chi connectivity index (χ3n) is 5.45. The molecule has 1 saturated heterocycles. The minimum atomic E-state index is -1.25. The second kappa shape index (κ2) is 7.36. The van der Waals surface area contributed by atoms with E-state index in [1.54, 1.807) is 11.0 Å². The summed E-state index contributed by atoms with van der Waals surface area (Å²) < 4.78 is 19.4. The van der Waals surface area contributed by atoms with Crippen LogP contribution in [0.5, 0.6) is 0 Å². The van der Waals surface area contributed by atoms with Gasteiger partial charge >= 0.3 is 0 Å². The quantitative estimate of drug-likeness (QED) is 0.864. The summed E-state index contributed by atoms with van der Waals surface area (Å²) in [5.41, 5.74) is 6.92. The number of nitrogens with zero attached hydrogens (tertiary/aromatic N) is 1. The van der Waals surface area contributed by atoms with Crippen molar-refractivity contribution in [3.8, 4) is 11.1 Å². The second-order valence-electron chi connectivity index (χ2n) is 7.63. The average Bonchev–Trinajstić information content (AvgIpc) is 3.53.